The molecule has 2 heterocycles. The number of imide groups is 1. The Kier molecular flexibility index (Phi) is 4.46. The lowest BCUT2D eigenvalue weighted by Crippen LogP contribution is -2.54. The molecule has 30 heavy (non-hydrogen) atoms. The number of nitrogen functional groups attached to an aromatic ring is 1. The van der Waals surface area contributed by atoms with E-state index in [4.69, 9.17) is 5.73 Å². The third-order valence-electron chi connectivity index (χ3n) is 4.38. The molecule has 0 aliphatic carbocycles. The maximum atomic E-state index is 14.5. The highest BCUT2D eigenvalue weighted by molar-refractivity contribution is 6.23. The van der Waals surface area contributed by atoms with Crippen molar-refractivity contribution in [2.75, 3.05) is 5.73 Å². The molecule has 1 aromatic heterocycles. The van der Waals surface area contributed by atoms with Crippen molar-refractivity contribution in [1.29, 1.82) is 0 Å². The van der Waals surface area contributed by atoms with E-state index in [1.807, 2.05) is 5.32 Å². The molecule has 1 aliphatic rings. The number of nitrogens with zero attached hydrogens (tertiary/aromatic N) is 1. The van der Waals surface area contributed by atoms with Crippen LogP contribution in [0, 0.1) is 5.82 Å². The van der Waals surface area contributed by atoms with Gasteiger partial charge in [-0.15, -0.1) is 0 Å². The number of hydrogen-bond acceptors (Lipinski definition) is 5. The summed E-state index contributed by atoms with van der Waals surface area (Å²) in [6.45, 7) is 0. The van der Waals surface area contributed by atoms with Gasteiger partial charge in [0.2, 0.25) is 0 Å². The number of aromatic nitrogens is 1. The molecule has 2 amide bonds. The average molecular weight is 439 g/mol. The van der Waals surface area contributed by atoms with Gasteiger partial charge in [0.15, 0.2) is 0 Å². The minimum Gasteiger partial charge on any atom is -0.384 e. The quantitative estimate of drug-likeness (QED) is 0.488. The lowest BCUT2D eigenvalue weighted by atomic mass is 9.92. The molecule has 0 fully saturated rings. The van der Waals surface area contributed by atoms with Crippen LogP contribution >= 0.6 is 0 Å². The van der Waals surface area contributed by atoms with Crippen molar-refractivity contribution in [2.45, 2.75) is 18.0 Å². The molecule has 4 N–H and O–H groups in total. The van der Waals surface area contributed by atoms with Gasteiger partial charge < -0.3 is 10.8 Å². The van der Waals surface area contributed by atoms with Crippen molar-refractivity contribution in [3.8, 4) is 5.69 Å². The van der Waals surface area contributed by atoms with Gasteiger partial charge in [0.25, 0.3) is 23.0 Å². The third kappa shape index (κ3) is 2.82. The van der Waals surface area contributed by atoms with Crippen LogP contribution in [0.2, 0.25) is 0 Å². The first kappa shape index (κ1) is 21.3. The van der Waals surface area contributed by atoms with E-state index in [0.29, 0.717) is 12.1 Å². The Morgan fingerprint density at radius 3 is 2.00 bits per heavy atom. The van der Waals surface area contributed by atoms with E-state index in [1.165, 1.54) is 0 Å². The summed E-state index contributed by atoms with van der Waals surface area (Å²) in [7, 11) is 0. The molecule has 1 aliphatic heterocycles. The summed E-state index contributed by atoms with van der Waals surface area (Å²) in [5.41, 5.74) is -4.72. The molecular weight excluding hydrogens is 431 g/mol. The topological polar surface area (TPSA) is 114 Å². The third-order valence-corrected chi connectivity index (χ3v) is 4.38. The van der Waals surface area contributed by atoms with Crippen LogP contribution in [0.5, 0.6) is 0 Å². The van der Waals surface area contributed by atoms with Crippen molar-refractivity contribution in [3.63, 3.8) is 0 Å². The van der Waals surface area contributed by atoms with Gasteiger partial charge in [-0.25, -0.2) is 4.39 Å². The van der Waals surface area contributed by atoms with Crippen molar-refractivity contribution in [1.82, 2.24) is 9.88 Å². The Morgan fingerprint density at radius 1 is 0.933 bits per heavy atom. The molecular formula is C16H8F7N3O4. The van der Waals surface area contributed by atoms with Crippen molar-refractivity contribution in [3.05, 3.63) is 57.1 Å². The highest BCUT2D eigenvalue weighted by Gasteiger charge is 2.71. The fourth-order valence-corrected chi connectivity index (χ4v) is 2.93. The summed E-state index contributed by atoms with van der Waals surface area (Å²) >= 11 is 0. The van der Waals surface area contributed by atoms with Crippen molar-refractivity contribution in [2.24, 2.45) is 0 Å². The molecule has 0 saturated carbocycles. The maximum absolute atomic E-state index is 14.5. The SMILES string of the molecule is Nc1c2c(cc(=O)n1-c1ccc(C(O)(C(F)(F)F)C(F)(F)F)cc1F)C(=O)NC2=O. The highest BCUT2D eigenvalue weighted by Crippen LogP contribution is 2.50. The van der Waals surface area contributed by atoms with E-state index >= 15 is 0 Å². The fourth-order valence-electron chi connectivity index (χ4n) is 2.93. The molecule has 160 valence electrons. The number of aliphatic hydroxyl groups is 1. The molecule has 0 radical (unpaired) electrons. The summed E-state index contributed by atoms with van der Waals surface area (Å²) in [4.78, 5) is 35.6. The Balaban J connectivity index is 2.24. The Hall–Kier alpha value is -3.42. The number of rotatable bonds is 2. The first-order chi connectivity index (χ1) is 13.6. The van der Waals surface area contributed by atoms with Crippen LogP contribution in [0.15, 0.2) is 29.1 Å². The largest absolute Gasteiger partial charge is 0.430 e. The van der Waals surface area contributed by atoms with Crippen molar-refractivity contribution < 1.29 is 45.4 Å². The number of alkyl halides is 6. The summed E-state index contributed by atoms with van der Waals surface area (Å²) in [5.74, 6) is -4.57. The number of pyridine rings is 1. The van der Waals surface area contributed by atoms with Crippen LogP contribution < -0.4 is 16.6 Å². The minimum absolute atomic E-state index is 0.101. The number of fused-ring (bicyclic) bond motifs is 1. The van der Waals surface area contributed by atoms with E-state index in [0.717, 1.165) is 0 Å². The zero-order valence-electron chi connectivity index (χ0n) is 14.2. The van der Waals surface area contributed by atoms with Gasteiger partial charge in [-0.3, -0.25) is 24.3 Å². The molecule has 2 aromatic rings. The number of anilines is 1. The number of nitrogens with two attached hydrogens (primary N) is 1. The van der Waals surface area contributed by atoms with Crippen LogP contribution in [0.3, 0.4) is 0 Å². The second kappa shape index (κ2) is 6.29. The van der Waals surface area contributed by atoms with Crippen LogP contribution in [0.1, 0.15) is 26.3 Å². The molecule has 0 atom stereocenters. The molecule has 0 unspecified atom stereocenters. The molecule has 0 saturated heterocycles. The first-order valence-electron chi connectivity index (χ1n) is 7.68. The maximum Gasteiger partial charge on any atom is 0.430 e. The van der Waals surface area contributed by atoms with Crippen molar-refractivity contribution >= 4 is 17.6 Å². The van der Waals surface area contributed by atoms with Gasteiger partial charge in [0.05, 0.1) is 16.8 Å². The minimum atomic E-state index is -6.25. The second-order valence-electron chi connectivity index (χ2n) is 6.15. The first-order valence-corrected chi connectivity index (χ1v) is 7.68. The standard InChI is InChI=1S/C16H8F7N3O4/c17-7-3-5(14(30,15(18,19)20)16(21,22)23)1-2-8(7)26-9(27)4-6-10(11(26)24)13(29)25-12(6)28/h1-4,30H,24H2,(H,25,28,29). The van der Waals surface area contributed by atoms with E-state index in [-0.39, 0.29) is 16.7 Å². The number of carbonyl (C=O) groups excluding carboxylic acids is 2. The van der Waals surface area contributed by atoms with Crippen LogP contribution in [-0.4, -0.2) is 33.8 Å². The average Bonchev–Trinajstić information content (AvgIpc) is 2.87. The number of carbonyl (C=O) groups is 2. The molecule has 0 bridgehead atoms. The van der Waals surface area contributed by atoms with E-state index in [2.05, 4.69) is 0 Å². The van der Waals surface area contributed by atoms with Crippen LogP contribution in [0.4, 0.5) is 36.6 Å². The predicted molar refractivity (Wildman–Crippen MR) is 84.2 cm³/mol. The summed E-state index contributed by atoms with van der Waals surface area (Å²) in [6.07, 6.45) is -12.5. The number of halogens is 7. The van der Waals surface area contributed by atoms with Gasteiger partial charge in [-0.05, 0) is 12.1 Å². The van der Waals surface area contributed by atoms with Gasteiger partial charge in [0.1, 0.15) is 11.6 Å². The zero-order chi connectivity index (χ0) is 22.8. The predicted octanol–water partition coefficient (Wildman–Crippen LogP) is 1.75. The van der Waals surface area contributed by atoms with E-state index in [1.54, 1.807) is 0 Å². The smallest absolute Gasteiger partial charge is 0.384 e. The lowest BCUT2D eigenvalue weighted by Gasteiger charge is -2.32. The molecule has 1 aromatic carbocycles. The number of benzene rings is 1. The monoisotopic (exact) mass is 439 g/mol. The highest BCUT2D eigenvalue weighted by atomic mass is 19.4. The Bertz CT molecular complexity index is 1140. The Labute approximate surface area is 160 Å². The normalized spacial score (nSPS) is 14.7. The van der Waals surface area contributed by atoms with Gasteiger partial charge >= 0.3 is 12.4 Å². The molecule has 3 rings (SSSR count). The number of hydrogen-bond donors (Lipinski definition) is 3. The summed E-state index contributed by atoms with van der Waals surface area (Å²) in [5, 5.41) is 11.2. The van der Waals surface area contributed by atoms with Gasteiger partial charge in [0, 0.05) is 11.6 Å². The second-order valence-corrected chi connectivity index (χ2v) is 6.15. The number of nitrogens with one attached hydrogen (secondary N) is 1. The molecule has 7 nitrogen and oxygen atoms in total. The lowest BCUT2D eigenvalue weighted by molar-refractivity contribution is -0.376. The molecule has 0 spiro atoms. The zero-order valence-corrected chi connectivity index (χ0v) is 14.2. The molecule has 14 heteroatoms. The van der Waals surface area contributed by atoms with E-state index < -0.39 is 69.3 Å². The van der Waals surface area contributed by atoms with E-state index in [9.17, 15) is 50.2 Å². The Morgan fingerprint density at radius 2 is 1.50 bits per heavy atom. The van der Waals surface area contributed by atoms with Crippen LogP contribution in [0.25, 0.3) is 5.69 Å². The summed E-state index contributed by atoms with van der Waals surface area (Å²) in [6, 6.07) is 0.775. The fraction of sp³-hybridized carbons (Fsp3) is 0.188. The van der Waals surface area contributed by atoms with Gasteiger partial charge in [-0.2, -0.15) is 26.3 Å². The summed E-state index contributed by atoms with van der Waals surface area (Å²) < 4.78 is 92.5. The van der Waals surface area contributed by atoms with Gasteiger partial charge in [-0.1, -0.05) is 6.07 Å². The van der Waals surface area contributed by atoms with Crippen LogP contribution in [-0.2, 0) is 5.60 Å². The number of amides is 2.